The quantitative estimate of drug-likeness (QED) is 0.307. The minimum Gasteiger partial charge on any atom is -0.469 e. The zero-order valence-corrected chi connectivity index (χ0v) is 18.9. The molecule has 0 spiro atoms. The summed E-state index contributed by atoms with van der Waals surface area (Å²) in [5.74, 6) is 0.301. The van der Waals surface area contributed by atoms with E-state index in [1.165, 1.54) is 11.8 Å². The zero-order chi connectivity index (χ0) is 22.8. The Morgan fingerprint density at radius 3 is 2.42 bits per heavy atom. The Kier molecular flexibility index (Phi) is 5.93. The van der Waals surface area contributed by atoms with Gasteiger partial charge in [0, 0.05) is 11.3 Å². The number of thiocarbonyl (C=S) groups is 1. The number of hydrogen-bond donors (Lipinski definition) is 2. The SMILES string of the molecule is O=CN[C@@H]1C(=O)N2C(C(=S)OC(c3ccccc3)c3ccccc3)=C(c3cn[nH]n3)CS[C@H]12. The highest BCUT2D eigenvalue weighted by atomic mass is 32.2. The van der Waals surface area contributed by atoms with Gasteiger partial charge in [-0.1, -0.05) is 60.7 Å². The number of nitrogens with one attached hydrogen (secondary N) is 2. The van der Waals surface area contributed by atoms with Crippen molar-refractivity contribution in [3.8, 4) is 0 Å². The second kappa shape index (κ2) is 9.16. The summed E-state index contributed by atoms with van der Waals surface area (Å²) >= 11 is 7.32. The zero-order valence-electron chi connectivity index (χ0n) is 17.3. The normalized spacial score (nSPS) is 19.7. The Morgan fingerprint density at radius 1 is 1.18 bits per heavy atom. The van der Waals surface area contributed by atoms with E-state index in [0.29, 0.717) is 23.6 Å². The van der Waals surface area contributed by atoms with Crippen LogP contribution in [0.2, 0.25) is 0 Å². The Balaban J connectivity index is 1.53. The van der Waals surface area contributed by atoms with E-state index < -0.39 is 12.1 Å². The number of amides is 2. The van der Waals surface area contributed by atoms with Crippen molar-refractivity contribution in [3.05, 3.63) is 89.4 Å². The van der Waals surface area contributed by atoms with Crippen LogP contribution in [-0.2, 0) is 14.3 Å². The third kappa shape index (κ3) is 3.91. The molecule has 0 bridgehead atoms. The summed E-state index contributed by atoms with van der Waals surface area (Å²) in [6.07, 6.45) is 1.68. The molecule has 5 rings (SSSR count). The molecule has 2 aliphatic heterocycles. The maximum absolute atomic E-state index is 12.9. The van der Waals surface area contributed by atoms with Gasteiger partial charge in [0.25, 0.3) is 5.91 Å². The standard InChI is InChI=1S/C23H19N5O3S2/c29-13-24-18-21(30)28-19(16(12-33-22(18)28)17-11-25-27-26-17)23(32)31-20(14-7-3-1-4-8-14)15-9-5-2-6-10-15/h1-11,13,18,20,22H,12H2,(H,24,29)(H,25,26,27)/t18-,22-/m1/s1. The van der Waals surface area contributed by atoms with E-state index in [9.17, 15) is 9.59 Å². The summed E-state index contributed by atoms with van der Waals surface area (Å²) in [5.41, 5.74) is 3.72. The number of ether oxygens (including phenoxy) is 1. The minimum atomic E-state index is -0.594. The largest absolute Gasteiger partial charge is 0.469 e. The van der Waals surface area contributed by atoms with Crippen LogP contribution in [0, 0.1) is 0 Å². The summed E-state index contributed by atoms with van der Waals surface area (Å²) in [7, 11) is 0. The van der Waals surface area contributed by atoms with E-state index >= 15 is 0 Å². The van der Waals surface area contributed by atoms with Crippen molar-refractivity contribution in [2.24, 2.45) is 0 Å². The fourth-order valence-corrected chi connectivity index (χ4v) is 5.68. The summed E-state index contributed by atoms with van der Waals surface area (Å²) in [6.45, 7) is 0. The van der Waals surface area contributed by atoms with Crippen LogP contribution in [0.25, 0.3) is 5.57 Å². The van der Waals surface area contributed by atoms with Crippen LogP contribution in [0.15, 0.2) is 72.6 Å². The van der Waals surface area contributed by atoms with Gasteiger partial charge >= 0.3 is 0 Å². The van der Waals surface area contributed by atoms with Gasteiger partial charge in [0.05, 0.1) is 6.20 Å². The Bertz CT molecular complexity index is 1160. The smallest absolute Gasteiger partial charge is 0.253 e. The first kappa shape index (κ1) is 21.4. The van der Waals surface area contributed by atoms with Crippen molar-refractivity contribution >= 4 is 46.9 Å². The molecule has 8 nitrogen and oxygen atoms in total. The van der Waals surface area contributed by atoms with Gasteiger partial charge in [-0.3, -0.25) is 14.5 Å². The lowest BCUT2D eigenvalue weighted by Gasteiger charge is -2.50. The van der Waals surface area contributed by atoms with Crippen LogP contribution in [0.3, 0.4) is 0 Å². The minimum absolute atomic E-state index is 0.189. The lowest BCUT2D eigenvalue weighted by Crippen LogP contribution is -2.69. The van der Waals surface area contributed by atoms with Gasteiger partial charge in [0.1, 0.15) is 28.9 Å². The highest BCUT2D eigenvalue weighted by Gasteiger charge is 2.53. The van der Waals surface area contributed by atoms with Crippen LogP contribution in [0.1, 0.15) is 22.9 Å². The molecule has 0 radical (unpaired) electrons. The number of benzene rings is 2. The van der Waals surface area contributed by atoms with E-state index in [1.807, 2.05) is 60.7 Å². The second-order valence-corrected chi connectivity index (χ2v) is 8.94. The summed E-state index contributed by atoms with van der Waals surface area (Å²) in [5, 5.41) is 13.2. The molecule has 10 heteroatoms. The molecule has 0 aliphatic carbocycles. The number of fused-ring (bicyclic) bond motifs is 1. The average molecular weight is 478 g/mol. The van der Waals surface area contributed by atoms with Crippen molar-refractivity contribution in [2.45, 2.75) is 17.5 Å². The maximum atomic E-state index is 12.9. The first-order valence-corrected chi connectivity index (χ1v) is 11.7. The van der Waals surface area contributed by atoms with Gasteiger partial charge in [-0.25, -0.2) is 0 Å². The van der Waals surface area contributed by atoms with Crippen molar-refractivity contribution in [3.63, 3.8) is 0 Å². The summed E-state index contributed by atoms with van der Waals surface area (Å²) in [6, 6.07) is 19.0. The molecule has 3 aromatic rings. The van der Waals surface area contributed by atoms with Crippen molar-refractivity contribution in [1.82, 2.24) is 25.6 Å². The van der Waals surface area contributed by atoms with Crippen LogP contribution in [0.5, 0.6) is 0 Å². The molecule has 2 atom stereocenters. The van der Waals surface area contributed by atoms with E-state index in [0.717, 1.165) is 16.7 Å². The molecule has 166 valence electrons. The third-order valence-corrected chi connectivity index (χ3v) is 7.13. The Hall–Kier alpha value is -3.50. The topological polar surface area (TPSA) is 100 Å². The predicted molar refractivity (Wildman–Crippen MR) is 128 cm³/mol. The molecule has 1 aromatic heterocycles. The predicted octanol–water partition coefficient (Wildman–Crippen LogP) is 2.68. The Morgan fingerprint density at radius 2 is 1.85 bits per heavy atom. The number of carbonyl (C=O) groups excluding carboxylic acids is 2. The van der Waals surface area contributed by atoms with Gasteiger partial charge < -0.3 is 10.1 Å². The molecule has 1 fully saturated rings. The van der Waals surface area contributed by atoms with Crippen LogP contribution in [0.4, 0.5) is 0 Å². The van der Waals surface area contributed by atoms with E-state index in [4.69, 9.17) is 17.0 Å². The molecular weight excluding hydrogens is 458 g/mol. The molecule has 3 heterocycles. The summed E-state index contributed by atoms with van der Waals surface area (Å²) in [4.78, 5) is 25.5. The lowest BCUT2D eigenvalue weighted by molar-refractivity contribution is -0.143. The maximum Gasteiger partial charge on any atom is 0.253 e. The summed E-state index contributed by atoms with van der Waals surface area (Å²) < 4.78 is 6.41. The first-order valence-electron chi connectivity index (χ1n) is 10.2. The van der Waals surface area contributed by atoms with Crippen molar-refractivity contribution in [1.29, 1.82) is 0 Å². The second-order valence-electron chi connectivity index (χ2n) is 7.46. The van der Waals surface area contributed by atoms with E-state index in [-0.39, 0.29) is 16.3 Å². The fourth-order valence-electron chi connectivity index (χ4n) is 3.99. The number of carbonyl (C=O) groups is 2. The highest BCUT2D eigenvalue weighted by molar-refractivity contribution is 8.00. The molecule has 33 heavy (non-hydrogen) atoms. The van der Waals surface area contributed by atoms with Gasteiger partial charge in [0.2, 0.25) is 11.5 Å². The Labute approximate surface area is 199 Å². The van der Waals surface area contributed by atoms with Crippen LogP contribution in [-0.4, -0.2) is 54.8 Å². The molecule has 2 amide bonds. The van der Waals surface area contributed by atoms with Gasteiger partial charge in [-0.05, 0) is 23.3 Å². The number of rotatable bonds is 7. The van der Waals surface area contributed by atoms with E-state index in [1.54, 1.807) is 11.1 Å². The number of β-lactam (4-membered cyclic amide) rings is 1. The van der Waals surface area contributed by atoms with Gasteiger partial charge in [-0.15, -0.1) is 11.8 Å². The van der Waals surface area contributed by atoms with Gasteiger partial charge in [0.15, 0.2) is 0 Å². The number of aromatic amines is 1. The molecule has 2 aromatic carbocycles. The van der Waals surface area contributed by atoms with Crippen LogP contribution < -0.4 is 5.32 Å². The van der Waals surface area contributed by atoms with Crippen molar-refractivity contribution in [2.75, 3.05) is 5.75 Å². The molecular formula is C23H19N5O3S2. The molecule has 0 unspecified atom stereocenters. The first-order chi connectivity index (χ1) is 16.2. The average Bonchev–Trinajstić information content (AvgIpc) is 3.40. The number of aromatic nitrogens is 3. The monoisotopic (exact) mass is 477 g/mol. The molecule has 0 saturated carbocycles. The number of nitrogens with zero attached hydrogens (tertiary/aromatic N) is 3. The van der Waals surface area contributed by atoms with Crippen molar-refractivity contribution < 1.29 is 14.3 Å². The molecule has 1 saturated heterocycles. The number of hydrogen-bond acceptors (Lipinski definition) is 7. The molecule has 2 aliphatic rings. The number of thioether (sulfide) groups is 1. The lowest BCUT2D eigenvalue weighted by atomic mass is 10.0. The highest BCUT2D eigenvalue weighted by Crippen LogP contribution is 2.44. The van der Waals surface area contributed by atoms with E-state index in [2.05, 4.69) is 20.7 Å². The molecule has 2 N–H and O–H groups in total. The third-order valence-electron chi connectivity index (χ3n) is 5.56. The number of H-pyrrole nitrogens is 1. The van der Waals surface area contributed by atoms with Crippen LogP contribution >= 0.6 is 24.0 Å². The van der Waals surface area contributed by atoms with Gasteiger partial charge in [-0.2, -0.15) is 15.4 Å². The fraction of sp³-hybridized carbons (Fsp3) is 0.174.